The van der Waals surface area contributed by atoms with E-state index in [-0.39, 0.29) is 11.7 Å². The van der Waals surface area contributed by atoms with Crippen LogP contribution in [0.5, 0.6) is 0 Å². The van der Waals surface area contributed by atoms with Crippen molar-refractivity contribution in [2.45, 2.75) is 25.0 Å². The van der Waals surface area contributed by atoms with Gasteiger partial charge in [0, 0.05) is 38.4 Å². The summed E-state index contributed by atoms with van der Waals surface area (Å²) in [6.07, 6.45) is 1.04. The Labute approximate surface area is 145 Å². The van der Waals surface area contributed by atoms with E-state index in [1.54, 1.807) is 0 Å². The number of thioether (sulfide) groups is 1. The van der Waals surface area contributed by atoms with Crippen LogP contribution in [-0.4, -0.2) is 53.8 Å². The van der Waals surface area contributed by atoms with Gasteiger partial charge in [0.1, 0.15) is 0 Å². The summed E-state index contributed by atoms with van der Waals surface area (Å²) in [5.74, 6) is -0.390. The third-order valence-electron chi connectivity index (χ3n) is 3.83. The molecular weight excluding hydrogens is 330 g/mol. The monoisotopic (exact) mass is 353 g/mol. The first-order chi connectivity index (χ1) is 11.6. The maximum atomic E-state index is 12.6. The summed E-state index contributed by atoms with van der Waals surface area (Å²) in [4.78, 5) is 23.1. The molecule has 1 fully saturated rings. The Balaban J connectivity index is 1.86. The van der Waals surface area contributed by atoms with Gasteiger partial charge in [0.05, 0.1) is 12.4 Å². The van der Waals surface area contributed by atoms with E-state index in [0.717, 1.165) is 5.56 Å². The predicted molar refractivity (Wildman–Crippen MR) is 92.0 cm³/mol. The van der Waals surface area contributed by atoms with E-state index in [0.29, 0.717) is 45.0 Å². The molecule has 1 aromatic carbocycles. The van der Waals surface area contributed by atoms with Crippen LogP contribution >= 0.6 is 11.8 Å². The van der Waals surface area contributed by atoms with E-state index in [2.05, 4.69) is 5.32 Å². The average Bonchev–Trinajstić information content (AvgIpc) is 2.61. The second kappa shape index (κ2) is 9.66. The number of amides is 1. The molecule has 6 nitrogen and oxygen atoms in total. The quantitative estimate of drug-likeness (QED) is 0.657. The van der Waals surface area contributed by atoms with Crippen LogP contribution in [0.3, 0.4) is 0 Å². The Morgan fingerprint density at radius 3 is 2.62 bits per heavy atom. The fraction of sp³-hybridized carbons (Fsp3) is 0.529. The highest BCUT2D eigenvalue weighted by Gasteiger charge is 2.41. The summed E-state index contributed by atoms with van der Waals surface area (Å²) in [6, 6.07) is 9.75. The lowest BCUT2D eigenvalue weighted by atomic mass is 9.92. The number of carbonyl (C=O) groups is 2. The van der Waals surface area contributed by atoms with Gasteiger partial charge >= 0.3 is 5.97 Å². The first-order valence-electron chi connectivity index (χ1n) is 7.96. The van der Waals surface area contributed by atoms with Crippen molar-refractivity contribution in [1.29, 1.82) is 0 Å². The number of benzene rings is 1. The Kier molecular flexibility index (Phi) is 7.55. The van der Waals surface area contributed by atoms with Crippen LogP contribution in [0.4, 0.5) is 0 Å². The Hall–Kier alpha value is -1.57. The highest BCUT2D eigenvalue weighted by atomic mass is 32.2. The molecule has 1 heterocycles. The van der Waals surface area contributed by atoms with E-state index >= 15 is 0 Å². The maximum absolute atomic E-state index is 12.6. The summed E-state index contributed by atoms with van der Waals surface area (Å²) in [7, 11) is 0. The van der Waals surface area contributed by atoms with E-state index in [1.807, 2.05) is 30.3 Å². The van der Waals surface area contributed by atoms with Gasteiger partial charge in [0.15, 0.2) is 5.60 Å². The molecule has 1 aliphatic rings. The van der Waals surface area contributed by atoms with E-state index in [1.165, 1.54) is 11.8 Å². The van der Waals surface area contributed by atoms with Gasteiger partial charge < -0.3 is 19.9 Å². The van der Waals surface area contributed by atoms with Crippen LogP contribution in [0, 0.1) is 0 Å². The lowest BCUT2D eigenvalue weighted by Crippen LogP contribution is -2.52. The van der Waals surface area contributed by atoms with E-state index in [4.69, 9.17) is 14.6 Å². The van der Waals surface area contributed by atoms with Crippen LogP contribution in [0.15, 0.2) is 30.3 Å². The summed E-state index contributed by atoms with van der Waals surface area (Å²) >= 11 is 1.28. The standard InChI is InChI=1S/C17H23NO5S/c19-15(20)13-24-11-8-18-16(21)17(6-9-22-10-7-17)23-12-14-4-2-1-3-5-14/h1-5H,6-13H2,(H,18,21)(H,19,20). The second-order valence-electron chi connectivity index (χ2n) is 5.58. The second-order valence-corrected chi connectivity index (χ2v) is 6.69. The van der Waals surface area contributed by atoms with Crippen molar-refractivity contribution < 1.29 is 24.2 Å². The largest absolute Gasteiger partial charge is 0.481 e. The summed E-state index contributed by atoms with van der Waals surface area (Å²) in [5, 5.41) is 11.5. The number of aliphatic carboxylic acids is 1. The molecule has 132 valence electrons. The number of carboxylic acid groups (broad SMARTS) is 1. The minimum absolute atomic E-state index is 0.0410. The molecule has 1 amide bonds. The molecule has 2 rings (SSSR count). The highest BCUT2D eigenvalue weighted by Crippen LogP contribution is 2.27. The Bertz CT molecular complexity index is 531. The zero-order valence-electron chi connectivity index (χ0n) is 13.5. The SMILES string of the molecule is O=C(O)CSCCNC(=O)C1(OCc2ccccc2)CCOCC1. The number of nitrogens with one attached hydrogen (secondary N) is 1. The topological polar surface area (TPSA) is 84.9 Å². The van der Waals surface area contributed by atoms with Gasteiger partial charge in [0.2, 0.25) is 0 Å². The van der Waals surface area contributed by atoms with Crippen molar-refractivity contribution in [3.63, 3.8) is 0 Å². The molecule has 0 atom stereocenters. The molecule has 1 aliphatic heterocycles. The van der Waals surface area contributed by atoms with Crippen molar-refractivity contribution in [3.05, 3.63) is 35.9 Å². The number of ether oxygens (including phenoxy) is 2. The molecule has 0 spiro atoms. The molecule has 0 unspecified atom stereocenters. The van der Waals surface area contributed by atoms with Crippen molar-refractivity contribution in [2.24, 2.45) is 0 Å². The first kappa shape index (κ1) is 18.8. The third-order valence-corrected chi connectivity index (χ3v) is 4.77. The van der Waals surface area contributed by atoms with Crippen LogP contribution in [0.25, 0.3) is 0 Å². The normalized spacial score (nSPS) is 16.5. The predicted octanol–water partition coefficient (Wildman–Crippen LogP) is 1.69. The van der Waals surface area contributed by atoms with Crippen molar-refractivity contribution >= 4 is 23.6 Å². The molecule has 0 saturated carbocycles. The van der Waals surface area contributed by atoms with Crippen molar-refractivity contribution in [1.82, 2.24) is 5.32 Å². The third kappa shape index (κ3) is 5.81. The zero-order chi connectivity index (χ0) is 17.3. The van der Waals surface area contributed by atoms with E-state index in [9.17, 15) is 9.59 Å². The van der Waals surface area contributed by atoms with Gasteiger partial charge in [-0.3, -0.25) is 9.59 Å². The van der Waals surface area contributed by atoms with Gasteiger partial charge in [-0.1, -0.05) is 30.3 Å². The van der Waals surface area contributed by atoms with Crippen LogP contribution < -0.4 is 5.32 Å². The maximum Gasteiger partial charge on any atom is 0.313 e. The number of rotatable bonds is 9. The minimum Gasteiger partial charge on any atom is -0.481 e. The van der Waals surface area contributed by atoms with Crippen LogP contribution in [0.2, 0.25) is 0 Å². The Morgan fingerprint density at radius 1 is 1.25 bits per heavy atom. The number of hydrogen-bond acceptors (Lipinski definition) is 5. The molecule has 0 bridgehead atoms. The number of hydrogen-bond donors (Lipinski definition) is 2. The molecule has 2 N–H and O–H groups in total. The van der Waals surface area contributed by atoms with Crippen molar-refractivity contribution in [2.75, 3.05) is 31.3 Å². The lowest BCUT2D eigenvalue weighted by molar-refractivity contribution is -0.163. The smallest absolute Gasteiger partial charge is 0.313 e. The fourth-order valence-corrected chi connectivity index (χ4v) is 3.06. The average molecular weight is 353 g/mol. The molecular formula is C17H23NO5S. The molecule has 0 aliphatic carbocycles. The van der Waals surface area contributed by atoms with Gasteiger partial charge in [-0.25, -0.2) is 0 Å². The van der Waals surface area contributed by atoms with E-state index < -0.39 is 11.6 Å². The Morgan fingerprint density at radius 2 is 1.96 bits per heavy atom. The van der Waals surface area contributed by atoms with Crippen LogP contribution in [-0.2, 0) is 25.7 Å². The van der Waals surface area contributed by atoms with Gasteiger partial charge in [0.25, 0.3) is 5.91 Å². The number of carbonyl (C=O) groups excluding carboxylic acids is 1. The number of carboxylic acids is 1. The highest BCUT2D eigenvalue weighted by molar-refractivity contribution is 7.99. The van der Waals surface area contributed by atoms with Gasteiger partial charge in [-0.2, -0.15) is 0 Å². The first-order valence-corrected chi connectivity index (χ1v) is 9.11. The molecule has 7 heteroatoms. The molecule has 1 saturated heterocycles. The van der Waals surface area contributed by atoms with Crippen LogP contribution in [0.1, 0.15) is 18.4 Å². The fourth-order valence-electron chi connectivity index (χ4n) is 2.49. The van der Waals surface area contributed by atoms with Crippen molar-refractivity contribution in [3.8, 4) is 0 Å². The molecule has 0 aromatic heterocycles. The van der Waals surface area contributed by atoms with Gasteiger partial charge in [-0.05, 0) is 5.56 Å². The molecule has 24 heavy (non-hydrogen) atoms. The minimum atomic E-state index is -0.869. The summed E-state index contributed by atoms with van der Waals surface area (Å²) < 4.78 is 11.4. The lowest BCUT2D eigenvalue weighted by Gasteiger charge is -2.35. The summed E-state index contributed by atoms with van der Waals surface area (Å²) in [6.45, 7) is 1.79. The zero-order valence-corrected chi connectivity index (χ0v) is 14.3. The molecule has 1 aromatic rings. The summed E-state index contributed by atoms with van der Waals surface area (Å²) in [5.41, 5.74) is 0.152. The van der Waals surface area contributed by atoms with Gasteiger partial charge in [-0.15, -0.1) is 11.8 Å². The molecule has 0 radical (unpaired) electrons.